The summed E-state index contributed by atoms with van der Waals surface area (Å²) in [4.78, 5) is 17.5. The number of aromatic nitrogens is 1. The summed E-state index contributed by atoms with van der Waals surface area (Å²) in [6.45, 7) is 0.807. The number of anilines is 1. The number of rotatable bonds is 5. The van der Waals surface area contributed by atoms with Crippen LogP contribution in [0.15, 0.2) is 30.3 Å². The highest BCUT2D eigenvalue weighted by atomic mass is 16.5. The molecule has 136 valence electrons. The average Bonchev–Trinajstić information content (AvgIpc) is 3.55. The summed E-state index contributed by atoms with van der Waals surface area (Å²) in [5.41, 5.74) is 1.58. The molecule has 2 aliphatic carbocycles. The first-order chi connectivity index (χ1) is 12.8. The number of nitrogens with zero attached hydrogens (tertiary/aromatic N) is 1. The summed E-state index contributed by atoms with van der Waals surface area (Å²) >= 11 is 0. The van der Waals surface area contributed by atoms with Gasteiger partial charge in [0.1, 0.15) is 5.82 Å². The first-order valence-electron chi connectivity index (χ1n) is 9.85. The number of nitrogens with one attached hydrogen (secondary N) is 2. The van der Waals surface area contributed by atoms with Gasteiger partial charge >= 0.3 is 0 Å². The Hall–Kier alpha value is -2.14. The van der Waals surface area contributed by atoms with Gasteiger partial charge < -0.3 is 15.4 Å². The van der Waals surface area contributed by atoms with E-state index in [1.165, 1.54) is 12.8 Å². The second-order valence-electron chi connectivity index (χ2n) is 7.93. The molecule has 2 aromatic rings. The van der Waals surface area contributed by atoms with E-state index in [4.69, 9.17) is 9.72 Å². The van der Waals surface area contributed by atoms with Gasteiger partial charge in [-0.3, -0.25) is 4.79 Å². The van der Waals surface area contributed by atoms with E-state index in [0.717, 1.165) is 60.5 Å². The molecule has 2 N–H and O–H groups in total. The lowest BCUT2D eigenvalue weighted by molar-refractivity contribution is -0.00223. The van der Waals surface area contributed by atoms with Crippen molar-refractivity contribution >= 4 is 22.6 Å². The van der Waals surface area contributed by atoms with Crippen molar-refractivity contribution in [1.29, 1.82) is 0 Å². The van der Waals surface area contributed by atoms with Gasteiger partial charge in [0.25, 0.3) is 5.91 Å². The summed E-state index contributed by atoms with van der Waals surface area (Å²) in [5, 5.41) is 7.60. The summed E-state index contributed by atoms with van der Waals surface area (Å²) in [7, 11) is 0. The molecule has 1 aliphatic heterocycles. The third kappa shape index (κ3) is 3.40. The monoisotopic (exact) mass is 351 g/mol. The molecule has 5 nitrogen and oxygen atoms in total. The molecular formula is C21H25N3O2. The topological polar surface area (TPSA) is 63.2 Å². The van der Waals surface area contributed by atoms with Crippen molar-refractivity contribution < 1.29 is 9.53 Å². The molecule has 2 unspecified atom stereocenters. The van der Waals surface area contributed by atoms with Gasteiger partial charge in [0.05, 0.1) is 17.2 Å². The molecular weight excluding hydrogens is 326 g/mol. The number of para-hydroxylation sites is 1. The Labute approximate surface area is 153 Å². The van der Waals surface area contributed by atoms with E-state index >= 15 is 0 Å². The molecule has 2 saturated carbocycles. The highest BCUT2D eigenvalue weighted by Gasteiger charge is 2.36. The van der Waals surface area contributed by atoms with Gasteiger partial charge in [0, 0.05) is 24.1 Å². The number of carbonyl (C=O) groups is 1. The zero-order valence-corrected chi connectivity index (χ0v) is 14.9. The first-order valence-corrected chi connectivity index (χ1v) is 9.85. The van der Waals surface area contributed by atoms with E-state index in [2.05, 4.69) is 10.6 Å². The van der Waals surface area contributed by atoms with E-state index in [1.54, 1.807) is 0 Å². The van der Waals surface area contributed by atoms with E-state index in [1.807, 2.05) is 30.3 Å². The van der Waals surface area contributed by atoms with E-state index in [0.29, 0.717) is 18.2 Å². The molecule has 1 aromatic carbocycles. The van der Waals surface area contributed by atoms with Crippen molar-refractivity contribution in [2.75, 3.05) is 11.9 Å². The largest absolute Gasteiger partial charge is 0.378 e. The number of ether oxygens (including phenoxy) is 1. The van der Waals surface area contributed by atoms with E-state index < -0.39 is 0 Å². The Morgan fingerprint density at radius 3 is 2.73 bits per heavy atom. The van der Waals surface area contributed by atoms with Crippen LogP contribution in [0.5, 0.6) is 0 Å². The Balaban J connectivity index is 1.40. The van der Waals surface area contributed by atoms with Crippen LogP contribution in [-0.4, -0.2) is 35.7 Å². The lowest BCUT2D eigenvalue weighted by Crippen LogP contribution is -2.35. The zero-order chi connectivity index (χ0) is 17.5. The van der Waals surface area contributed by atoms with Crippen LogP contribution in [0.2, 0.25) is 0 Å². The van der Waals surface area contributed by atoms with Crippen LogP contribution in [-0.2, 0) is 4.74 Å². The molecule has 3 aliphatic rings. The third-order valence-corrected chi connectivity index (χ3v) is 5.69. The molecule has 1 aromatic heterocycles. The minimum Gasteiger partial charge on any atom is -0.378 e. The highest BCUT2D eigenvalue weighted by molar-refractivity contribution is 6.07. The van der Waals surface area contributed by atoms with Gasteiger partial charge in [-0.25, -0.2) is 4.98 Å². The number of hydrogen-bond donors (Lipinski definition) is 2. The second-order valence-corrected chi connectivity index (χ2v) is 7.93. The van der Waals surface area contributed by atoms with Crippen molar-refractivity contribution in [3.63, 3.8) is 0 Å². The molecule has 1 amide bonds. The van der Waals surface area contributed by atoms with Crippen molar-refractivity contribution in [3.8, 4) is 0 Å². The SMILES string of the molecule is O=C(NC1CC1)c1cc(NC2CCOC(C3CC3)C2)nc2ccccc12. The number of benzene rings is 1. The highest BCUT2D eigenvalue weighted by Crippen LogP contribution is 2.38. The minimum absolute atomic E-state index is 0.0111. The van der Waals surface area contributed by atoms with E-state index in [9.17, 15) is 4.79 Å². The molecule has 2 atom stereocenters. The maximum Gasteiger partial charge on any atom is 0.252 e. The van der Waals surface area contributed by atoms with E-state index in [-0.39, 0.29) is 5.91 Å². The van der Waals surface area contributed by atoms with Gasteiger partial charge in [-0.05, 0) is 56.6 Å². The molecule has 2 heterocycles. The molecule has 1 saturated heterocycles. The van der Waals surface area contributed by atoms with Crippen molar-refractivity contribution in [2.24, 2.45) is 5.92 Å². The van der Waals surface area contributed by atoms with Crippen LogP contribution in [0.4, 0.5) is 5.82 Å². The average molecular weight is 351 g/mol. The van der Waals surface area contributed by atoms with Crippen LogP contribution in [0.25, 0.3) is 10.9 Å². The van der Waals surface area contributed by atoms with Gasteiger partial charge in [-0.2, -0.15) is 0 Å². The summed E-state index contributed by atoms with van der Waals surface area (Å²) in [6.07, 6.45) is 7.19. The normalized spacial score (nSPS) is 25.8. The standard InChI is InChI=1S/C21H25N3O2/c25-21(23-14-7-8-14)17-12-20(24-18-4-2-1-3-16(17)18)22-15-9-10-26-19(11-15)13-5-6-13/h1-4,12-15,19H,5-11H2,(H,22,24)(H,23,25). The molecule has 5 heteroatoms. The second kappa shape index (κ2) is 6.54. The lowest BCUT2D eigenvalue weighted by Gasteiger charge is -2.30. The van der Waals surface area contributed by atoms with Crippen LogP contribution < -0.4 is 10.6 Å². The van der Waals surface area contributed by atoms with Crippen LogP contribution in [0.1, 0.15) is 48.9 Å². The minimum atomic E-state index is 0.0111. The Bertz CT molecular complexity index is 829. The maximum atomic E-state index is 12.7. The molecule has 26 heavy (non-hydrogen) atoms. The van der Waals surface area contributed by atoms with Crippen molar-refractivity contribution in [1.82, 2.24) is 10.3 Å². The van der Waals surface area contributed by atoms with Crippen LogP contribution in [0.3, 0.4) is 0 Å². The van der Waals surface area contributed by atoms with Crippen molar-refractivity contribution in [2.45, 2.75) is 56.7 Å². The predicted molar refractivity (Wildman–Crippen MR) is 101 cm³/mol. The number of hydrogen-bond acceptors (Lipinski definition) is 4. The lowest BCUT2D eigenvalue weighted by atomic mass is 10.00. The quantitative estimate of drug-likeness (QED) is 0.865. The summed E-state index contributed by atoms with van der Waals surface area (Å²) in [5.74, 6) is 1.56. The van der Waals surface area contributed by atoms with Gasteiger partial charge in [0.15, 0.2) is 0 Å². The third-order valence-electron chi connectivity index (χ3n) is 5.69. The zero-order valence-electron chi connectivity index (χ0n) is 14.9. The Kier molecular flexibility index (Phi) is 4.04. The predicted octanol–water partition coefficient (Wildman–Crippen LogP) is 3.50. The van der Waals surface area contributed by atoms with Gasteiger partial charge in [0.2, 0.25) is 0 Å². The van der Waals surface area contributed by atoms with Crippen LogP contribution in [0, 0.1) is 5.92 Å². The number of pyridine rings is 1. The molecule has 3 fully saturated rings. The Morgan fingerprint density at radius 1 is 1.08 bits per heavy atom. The fraction of sp³-hybridized carbons (Fsp3) is 0.524. The molecule has 5 rings (SSSR count). The number of fused-ring (bicyclic) bond motifs is 1. The molecule has 0 radical (unpaired) electrons. The van der Waals surface area contributed by atoms with Gasteiger partial charge in [-0.1, -0.05) is 18.2 Å². The van der Waals surface area contributed by atoms with Crippen LogP contribution >= 0.6 is 0 Å². The molecule has 0 spiro atoms. The smallest absolute Gasteiger partial charge is 0.252 e. The fourth-order valence-corrected chi connectivity index (χ4v) is 3.89. The van der Waals surface area contributed by atoms with Gasteiger partial charge in [-0.15, -0.1) is 0 Å². The Morgan fingerprint density at radius 2 is 1.92 bits per heavy atom. The fourth-order valence-electron chi connectivity index (χ4n) is 3.89. The maximum absolute atomic E-state index is 12.7. The van der Waals surface area contributed by atoms with Crippen molar-refractivity contribution in [3.05, 3.63) is 35.9 Å². The summed E-state index contributed by atoms with van der Waals surface area (Å²) < 4.78 is 5.93. The molecule has 0 bridgehead atoms. The summed E-state index contributed by atoms with van der Waals surface area (Å²) in [6, 6.07) is 10.5. The number of carbonyl (C=O) groups excluding carboxylic acids is 1. The first kappa shape index (κ1) is 16.1. The number of amides is 1.